The molecular formula is C16H20FNOS. The zero-order valence-electron chi connectivity index (χ0n) is 11.9. The lowest BCUT2D eigenvalue weighted by Gasteiger charge is -2.13. The average Bonchev–Trinajstić information content (AvgIpc) is 2.90. The Morgan fingerprint density at radius 1 is 1.30 bits per heavy atom. The van der Waals surface area contributed by atoms with Crippen LogP contribution in [0.3, 0.4) is 0 Å². The van der Waals surface area contributed by atoms with Crippen LogP contribution in [0, 0.1) is 11.7 Å². The second-order valence-electron chi connectivity index (χ2n) is 5.20. The van der Waals surface area contributed by atoms with Gasteiger partial charge >= 0.3 is 0 Å². The Morgan fingerprint density at radius 2 is 2.15 bits per heavy atom. The molecule has 0 amide bonds. The van der Waals surface area contributed by atoms with Crippen LogP contribution < -0.4 is 10.1 Å². The Bertz CT molecular complexity index is 525. The van der Waals surface area contributed by atoms with Gasteiger partial charge in [-0.2, -0.15) is 11.3 Å². The SMILES string of the molecule is CC(C)CNCc1cc(F)ccc1OCc1ccsc1. The minimum atomic E-state index is -0.228. The fourth-order valence-corrected chi connectivity index (χ4v) is 2.51. The van der Waals surface area contributed by atoms with E-state index in [1.165, 1.54) is 12.1 Å². The van der Waals surface area contributed by atoms with Crippen molar-refractivity contribution in [3.63, 3.8) is 0 Å². The van der Waals surface area contributed by atoms with Crippen molar-refractivity contribution in [1.29, 1.82) is 0 Å². The molecule has 2 aromatic rings. The summed E-state index contributed by atoms with van der Waals surface area (Å²) in [5.74, 6) is 1.09. The topological polar surface area (TPSA) is 21.3 Å². The highest BCUT2D eigenvalue weighted by Crippen LogP contribution is 2.21. The van der Waals surface area contributed by atoms with Crippen LogP contribution in [-0.2, 0) is 13.2 Å². The van der Waals surface area contributed by atoms with E-state index >= 15 is 0 Å². The van der Waals surface area contributed by atoms with Crippen LogP contribution in [0.5, 0.6) is 5.75 Å². The summed E-state index contributed by atoms with van der Waals surface area (Å²) in [7, 11) is 0. The predicted molar refractivity (Wildman–Crippen MR) is 81.6 cm³/mol. The van der Waals surface area contributed by atoms with E-state index in [1.54, 1.807) is 17.4 Å². The smallest absolute Gasteiger partial charge is 0.124 e. The molecule has 1 aromatic carbocycles. The Morgan fingerprint density at radius 3 is 2.85 bits per heavy atom. The third-order valence-corrected chi connectivity index (χ3v) is 3.60. The summed E-state index contributed by atoms with van der Waals surface area (Å²) < 4.78 is 19.2. The van der Waals surface area contributed by atoms with Crippen LogP contribution in [0.4, 0.5) is 4.39 Å². The van der Waals surface area contributed by atoms with E-state index in [-0.39, 0.29) is 5.82 Å². The van der Waals surface area contributed by atoms with Gasteiger partial charge in [0, 0.05) is 12.1 Å². The molecule has 0 aliphatic carbocycles. The van der Waals surface area contributed by atoms with Crippen LogP contribution >= 0.6 is 11.3 Å². The van der Waals surface area contributed by atoms with Crippen molar-refractivity contribution in [3.05, 3.63) is 52.0 Å². The highest BCUT2D eigenvalue weighted by molar-refractivity contribution is 7.07. The molecule has 2 nitrogen and oxygen atoms in total. The van der Waals surface area contributed by atoms with Crippen molar-refractivity contribution in [2.24, 2.45) is 5.92 Å². The first kappa shape index (κ1) is 15.0. The minimum absolute atomic E-state index is 0.228. The molecule has 2 rings (SSSR count). The molecule has 4 heteroatoms. The molecule has 0 saturated carbocycles. The number of hydrogen-bond acceptors (Lipinski definition) is 3. The number of ether oxygens (including phenoxy) is 1. The Balaban J connectivity index is 1.99. The van der Waals surface area contributed by atoms with Gasteiger partial charge in [0.15, 0.2) is 0 Å². The largest absolute Gasteiger partial charge is 0.489 e. The lowest BCUT2D eigenvalue weighted by molar-refractivity contribution is 0.302. The Hall–Kier alpha value is -1.39. The van der Waals surface area contributed by atoms with Gasteiger partial charge in [-0.1, -0.05) is 13.8 Å². The fourth-order valence-electron chi connectivity index (χ4n) is 1.86. The van der Waals surface area contributed by atoms with Crippen molar-refractivity contribution in [2.45, 2.75) is 27.0 Å². The van der Waals surface area contributed by atoms with Crippen LogP contribution in [0.1, 0.15) is 25.0 Å². The first-order chi connectivity index (χ1) is 9.65. The second-order valence-corrected chi connectivity index (χ2v) is 5.98. The van der Waals surface area contributed by atoms with E-state index in [4.69, 9.17) is 4.74 Å². The van der Waals surface area contributed by atoms with Crippen LogP contribution in [0.25, 0.3) is 0 Å². The van der Waals surface area contributed by atoms with Gasteiger partial charge in [0.05, 0.1) is 0 Å². The summed E-state index contributed by atoms with van der Waals surface area (Å²) in [6, 6.07) is 6.71. The van der Waals surface area contributed by atoms with Gasteiger partial charge in [-0.15, -0.1) is 0 Å². The number of benzene rings is 1. The molecule has 0 radical (unpaired) electrons. The van der Waals surface area contributed by atoms with Gasteiger partial charge in [-0.3, -0.25) is 0 Å². The summed E-state index contributed by atoms with van der Waals surface area (Å²) in [6.45, 7) is 6.33. The monoisotopic (exact) mass is 293 g/mol. The van der Waals surface area contributed by atoms with E-state index in [0.29, 0.717) is 19.1 Å². The average molecular weight is 293 g/mol. The van der Waals surface area contributed by atoms with E-state index in [2.05, 4.69) is 24.5 Å². The van der Waals surface area contributed by atoms with Crippen molar-refractivity contribution < 1.29 is 9.13 Å². The fraction of sp³-hybridized carbons (Fsp3) is 0.375. The zero-order valence-corrected chi connectivity index (χ0v) is 12.7. The normalized spacial score (nSPS) is 11.0. The summed E-state index contributed by atoms with van der Waals surface area (Å²) in [5.41, 5.74) is 2.00. The molecule has 1 N–H and O–H groups in total. The second kappa shape index (κ2) is 7.41. The van der Waals surface area contributed by atoms with Crippen molar-refractivity contribution in [1.82, 2.24) is 5.32 Å². The lowest BCUT2D eigenvalue weighted by Crippen LogP contribution is -2.19. The molecular weight excluding hydrogens is 273 g/mol. The first-order valence-corrected chi connectivity index (χ1v) is 7.72. The van der Waals surface area contributed by atoms with Gasteiger partial charge < -0.3 is 10.1 Å². The molecule has 0 aliphatic heterocycles. The van der Waals surface area contributed by atoms with E-state index < -0.39 is 0 Å². The third kappa shape index (κ3) is 4.62. The van der Waals surface area contributed by atoms with Gasteiger partial charge in [0.25, 0.3) is 0 Å². The number of halogens is 1. The van der Waals surface area contributed by atoms with E-state index in [0.717, 1.165) is 23.4 Å². The van der Waals surface area contributed by atoms with E-state index in [9.17, 15) is 4.39 Å². The molecule has 1 aromatic heterocycles. The molecule has 0 spiro atoms. The van der Waals surface area contributed by atoms with Crippen LogP contribution in [0.2, 0.25) is 0 Å². The molecule has 0 unspecified atom stereocenters. The minimum Gasteiger partial charge on any atom is -0.489 e. The molecule has 108 valence electrons. The van der Waals surface area contributed by atoms with Crippen LogP contribution in [-0.4, -0.2) is 6.54 Å². The highest BCUT2D eigenvalue weighted by Gasteiger charge is 2.06. The number of rotatable bonds is 7. The predicted octanol–water partition coefficient (Wildman–Crippen LogP) is 4.21. The van der Waals surface area contributed by atoms with E-state index in [1.807, 2.05) is 11.4 Å². The molecule has 0 bridgehead atoms. The molecule has 20 heavy (non-hydrogen) atoms. The van der Waals surface area contributed by atoms with Crippen molar-refractivity contribution in [3.8, 4) is 5.75 Å². The Kier molecular flexibility index (Phi) is 5.56. The first-order valence-electron chi connectivity index (χ1n) is 6.78. The lowest BCUT2D eigenvalue weighted by atomic mass is 10.1. The molecule has 0 aliphatic rings. The van der Waals surface area contributed by atoms with Gasteiger partial charge in [0.1, 0.15) is 18.2 Å². The zero-order chi connectivity index (χ0) is 14.4. The highest BCUT2D eigenvalue weighted by atomic mass is 32.1. The van der Waals surface area contributed by atoms with Crippen molar-refractivity contribution in [2.75, 3.05) is 6.54 Å². The summed E-state index contributed by atoms with van der Waals surface area (Å²) in [5, 5.41) is 7.40. The summed E-state index contributed by atoms with van der Waals surface area (Å²) in [6.07, 6.45) is 0. The number of thiophene rings is 1. The Labute approximate surface area is 123 Å². The third-order valence-electron chi connectivity index (χ3n) is 2.87. The summed E-state index contributed by atoms with van der Waals surface area (Å²) in [4.78, 5) is 0. The number of nitrogens with one attached hydrogen (secondary N) is 1. The molecule has 0 atom stereocenters. The molecule has 0 fully saturated rings. The summed E-state index contributed by atoms with van der Waals surface area (Å²) >= 11 is 1.65. The van der Waals surface area contributed by atoms with Gasteiger partial charge in [-0.25, -0.2) is 4.39 Å². The van der Waals surface area contributed by atoms with Gasteiger partial charge in [0.2, 0.25) is 0 Å². The van der Waals surface area contributed by atoms with Gasteiger partial charge in [-0.05, 0) is 53.1 Å². The van der Waals surface area contributed by atoms with Crippen LogP contribution in [0.15, 0.2) is 35.0 Å². The number of hydrogen-bond donors (Lipinski definition) is 1. The molecule has 1 heterocycles. The maximum Gasteiger partial charge on any atom is 0.124 e. The van der Waals surface area contributed by atoms with Crippen molar-refractivity contribution >= 4 is 11.3 Å². The quantitative estimate of drug-likeness (QED) is 0.825. The maximum absolute atomic E-state index is 13.4. The molecule has 0 saturated heterocycles. The maximum atomic E-state index is 13.4. The standard InChI is InChI=1S/C16H20FNOS/c1-12(2)8-18-9-14-7-15(17)3-4-16(14)19-10-13-5-6-20-11-13/h3-7,11-12,18H,8-10H2,1-2H3.